The first-order valence-electron chi connectivity index (χ1n) is 6.99. The summed E-state index contributed by atoms with van der Waals surface area (Å²) in [5, 5.41) is 13.7. The lowest BCUT2D eigenvalue weighted by Gasteiger charge is -2.24. The Hall–Kier alpha value is -2.15. The smallest absolute Gasteiger partial charge is 0.315 e. The lowest BCUT2D eigenvalue weighted by atomic mass is 10.0. The van der Waals surface area contributed by atoms with Crippen molar-refractivity contribution >= 4 is 12.0 Å². The molecule has 3 N–H and O–H groups in total. The Kier molecular flexibility index (Phi) is 7.31. The lowest BCUT2D eigenvalue weighted by molar-refractivity contribution is -0.137. The maximum absolute atomic E-state index is 13.8. The standard InChI is InChI=1S/C15H21FN2O4/c1-10(18-15(21)17-9-5-8-13(19)20)14(22-2)11-6-3-4-7-12(11)16/h3-4,6-7,10,14H,5,8-9H2,1-2H3,(H,19,20)(H2,17,18,21). The molecule has 0 aromatic heterocycles. The van der Waals surface area contributed by atoms with Crippen molar-refractivity contribution < 1.29 is 23.8 Å². The molecule has 0 saturated carbocycles. The van der Waals surface area contributed by atoms with Crippen LogP contribution < -0.4 is 10.6 Å². The number of rotatable bonds is 8. The van der Waals surface area contributed by atoms with Gasteiger partial charge in [-0.25, -0.2) is 9.18 Å². The fourth-order valence-electron chi connectivity index (χ4n) is 2.08. The molecule has 7 heteroatoms. The summed E-state index contributed by atoms with van der Waals surface area (Å²) in [6.07, 6.45) is -0.282. The van der Waals surface area contributed by atoms with E-state index in [0.29, 0.717) is 12.0 Å². The predicted molar refractivity (Wildman–Crippen MR) is 79.0 cm³/mol. The van der Waals surface area contributed by atoms with E-state index in [1.807, 2.05) is 0 Å². The number of methoxy groups -OCH3 is 1. The third-order valence-electron chi connectivity index (χ3n) is 3.13. The van der Waals surface area contributed by atoms with Gasteiger partial charge in [-0.3, -0.25) is 4.79 Å². The van der Waals surface area contributed by atoms with Gasteiger partial charge in [0.1, 0.15) is 11.9 Å². The van der Waals surface area contributed by atoms with E-state index in [2.05, 4.69) is 10.6 Å². The van der Waals surface area contributed by atoms with E-state index < -0.39 is 30.0 Å². The number of hydrogen-bond acceptors (Lipinski definition) is 3. The molecule has 0 aliphatic heterocycles. The molecular weight excluding hydrogens is 291 g/mol. The van der Waals surface area contributed by atoms with Crippen LogP contribution in [0.1, 0.15) is 31.4 Å². The van der Waals surface area contributed by atoms with Crippen molar-refractivity contribution in [1.29, 1.82) is 0 Å². The quantitative estimate of drug-likeness (QED) is 0.641. The zero-order chi connectivity index (χ0) is 16.5. The topological polar surface area (TPSA) is 87.7 Å². The Morgan fingerprint density at radius 2 is 2.05 bits per heavy atom. The summed E-state index contributed by atoms with van der Waals surface area (Å²) >= 11 is 0. The number of amides is 2. The van der Waals surface area contributed by atoms with Gasteiger partial charge in [-0.05, 0) is 19.4 Å². The summed E-state index contributed by atoms with van der Waals surface area (Å²) in [4.78, 5) is 22.1. The van der Waals surface area contributed by atoms with Crippen LogP contribution in [0.15, 0.2) is 24.3 Å². The van der Waals surface area contributed by atoms with Gasteiger partial charge in [0, 0.05) is 25.6 Å². The van der Waals surface area contributed by atoms with Gasteiger partial charge >= 0.3 is 12.0 Å². The van der Waals surface area contributed by atoms with Gasteiger partial charge in [-0.2, -0.15) is 0 Å². The third-order valence-corrected chi connectivity index (χ3v) is 3.13. The Morgan fingerprint density at radius 1 is 1.36 bits per heavy atom. The molecule has 0 heterocycles. The van der Waals surface area contributed by atoms with Crippen LogP contribution in [0.3, 0.4) is 0 Å². The van der Waals surface area contributed by atoms with Crippen LogP contribution in [0.4, 0.5) is 9.18 Å². The molecule has 0 fully saturated rings. The van der Waals surface area contributed by atoms with Gasteiger partial charge in [0.15, 0.2) is 0 Å². The van der Waals surface area contributed by atoms with Crippen LogP contribution in [0.5, 0.6) is 0 Å². The molecule has 22 heavy (non-hydrogen) atoms. The number of carbonyl (C=O) groups is 2. The van der Waals surface area contributed by atoms with Crippen LogP contribution in [0.25, 0.3) is 0 Å². The van der Waals surface area contributed by atoms with E-state index in [-0.39, 0.29) is 13.0 Å². The molecule has 0 bridgehead atoms. The summed E-state index contributed by atoms with van der Waals surface area (Å²) in [7, 11) is 1.44. The molecule has 0 aliphatic carbocycles. The first-order valence-corrected chi connectivity index (χ1v) is 6.99. The minimum absolute atomic E-state index is 0.00818. The second kappa shape index (κ2) is 8.99. The average molecular weight is 312 g/mol. The highest BCUT2D eigenvalue weighted by Gasteiger charge is 2.23. The maximum atomic E-state index is 13.8. The number of hydrogen-bond donors (Lipinski definition) is 3. The molecule has 1 aromatic carbocycles. The molecule has 122 valence electrons. The highest BCUT2D eigenvalue weighted by molar-refractivity contribution is 5.74. The molecule has 1 rings (SSSR count). The first-order chi connectivity index (χ1) is 10.5. The Bertz CT molecular complexity index is 510. The second-order valence-corrected chi connectivity index (χ2v) is 4.86. The molecular formula is C15H21FN2O4. The highest BCUT2D eigenvalue weighted by Crippen LogP contribution is 2.23. The van der Waals surface area contributed by atoms with Crippen molar-refractivity contribution in [3.8, 4) is 0 Å². The van der Waals surface area contributed by atoms with Gasteiger partial charge in [-0.1, -0.05) is 18.2 Å². The lowest BCUT2D eigenvalue weighted by Crippen LogP contribution is -2.44. The summed E-state index contributed by atoms with van der Waals surface area (Å²) in [5.41, 5.74) is 0.365. The molecule has 2 unspecified atom stereocenters. The molecule has 1 aromatic rings. The number of ether oxygens (including phenoxy) is 1. The fourth-order valence-corrected chi connectivity index (χ4v) is 2.08. The normalized spacial score (nSPS) is 13.2. The Balaban J connectivity index is 2.51. The predicted octanol–water partition coefficient (Wildman–Crippen LogP) is 2.07. The second-order valence-electron chi connectivity index (χ2n) is 4.86. The van der Waals surface area contributed by atoms with Crippen LogP contribution >= 0.6 is 0 Å². The minimum Gasteiger partial charge on any atom is -0.481 e. The van der Waals surface area contributed by atoms with Crippen LogP contribution in [-0.4, -0.2) is 36.8 Å². The third kappa shape index (κ3) is 5.69. The van der Waals surface area contributed by atoms with Crippen LogP contribution in [0, 0.1) is 5.82 Å². The zero-order valence-corrected chi connectivity index (χ0v) is 12.6. The number of nitrogens with one attached hydrogen (secondary N) is 2. The summed E-state index contributed by atoms with van der Waals surface area (Å²) < 4.78 is 19.1. The van der Waals surface area contributed by atoms with Gasteiger partial charge in [0.25, 0.3) is 0 Å². The molecule has 0 spiro atoms. The van der Waals surface area contributed by atoms with E-state index in [4.69, 9.17) is 9.84 Å². The Morgan fingerprint density at radius 3 is 2.64 bits per heavy atom. The SMILES string of the molecule is COC(c1ccccc1F)C(C)NC(=O)NCCCC(=O)O. The van der Waals surface area contributed by atoms with Gasteiger partial charge in [0.05, 0.1) is 6.04 Å². The number of aliphatic carboxylic acids is 1. The minimum atomic E-state index is -0.908. The van der Waals surface area contributed by atoms with Gasteiger partial charge in [-0.15, -0.1) is 0 Å². The van der Waals surface area contributed by atoms with Gasteiger partial charge < -0.3 is 20.5 Å². The van der Waals surface area contributed by atoms with E-state index in [1.165, 1.54) is 13.2 Å². The average Bonchev–Trinajstić information content (AvgIpc) is 2.46. The summed E-state index contributed by atoms with van der Waals surface area (Å²) in [6, 6.07) is 5.31. The molecule has 0 saturated heterocycles. The maximum Gasteiger partial charge on any atom is 0.315 e. The van der Waals surface area contributed by atoms with E-state index in [9.17, 15) is 14.0 Å². The van der Waals surface area contributed by atoms with E-state index in [1.54, 1.807) is 25.1 Å². The van der Waals surface area contributed by atoms with Crippen molar-refractivity contribution in [2.75, 3.05) is 13.7 Å². The number of carbonyl (C=O) groups excluding carboxylic acids is 1. The number of benzene rings is 1. The molecule has 2 atom stereocenters. The van der Waals surface area contributed by atoms with Crippen LogP contribution in [-0.2, 0) is 9.53 Å². The van der Waals surface area contributed by atoms with E-state index in [0.717, 1.165) is 0 Å². The van der Waals surface area contributed by atoms with Crippen molar-refractivity contribution in [3.63, 3.8) is 0 Å². The summed E-state index contributed by atoms with van der Waals surface area (Å²) in [6.45, 7) is 1.96. The largest absolute Gasteiger partial charge is 0.481 e. The fraction of sp³-hybridized carbons (Fsp3) is 0.467. The van der Waals surface area contributed by atoms with Crippen molar-refractivity contribution in [1.82, 2.24) is 10.6 Å². The van der Waals surface area contributed by atoms with Crippen LogP contribution in [0.2, 0.25) is 0 Å². The number of urea groups is 1. The monoisotopic (exact) mass is 312 g/mol. The highest BCUT2D eigenvalue weighted by atomic mass is 19.1. The molecule has 2 amide bonds. The van der Waals surface area contributed by atoms with E-state index >= 15 is 0 Å². The summed E-state index contributed by atoms with van der Waals surface area (Å²) in [5.74, 6) is -1.31. The first kappa shape index (κ1) is 17.9. The number of carboxylic acid groups (broad SMARTS) is 1. The molecule has 0 radical (unpaired) electrons. The number of carboxylic acids is 1. The molecule has 0 aliphatic rings. The Labute approximate surface area is 128 Å². The zero-order valence-electron chi connectivity index (χ0n) is 12.6. The number of halogens is 1. The molecule has 6 nitrogen and oxygen atoms in total. The van der Waals surface area contributed by atoms with Gasteiger partial charge in [0.2, 0.25) is 0 Å². The van der Waals surface area contributed by atoms with Crippen molar-refractivity contribution in [2.45, 2.75) is 31.9 Å². The van der Waals surface area contributed by atoms with Crippen molar-refractivity contribution in [3.05, 3.63) is 35.6 Å². The van der Waals surface area contributed by atoms with Crippen molar-refractivity contribution in [2.24, 2.45) is 0 Å².